The van der Waals surface area contributed by atoms with Gasteiger partial charge in [0.15, 0.2) is 0 Å². The number of ether oxygens (including phenoxy) is 1. The molecule has 6 nitrogen and oxygen atoms in total. The van der Waals surface area contributed by atoms with Crippen molar-refractivity contribution in [2.75, 3.05) is 33.4 Å². The van der Waals surface area contributed by atoms with Crippen LogP contribution >= 0.6 is 15.9 Å². The van der Waals surface area contributed by atoms with Crippen LogP contribution in [0.5, 0.6) is 0 Å². The standard InChI is InChI=1S/C22H27BrN4O2/c1-14-25-20(17-5-3-4-6-19(17)23)10-21(26-14)18-12-27-8-7-15(18)9-16(27)11-24-22(28)13-29-2/h3-6,10,15-16,18H,7-9,11-13H2,1-2H3,(H,24,28). The Hall–Kier alpha value is -1.83. The fourth-order valence-electron chi connectivity index (χ4n) is 4.69. The fourth-order valence-corrected chi connectivity index (χ4v) is 5.17. The average molecular weight is 459 g/mol. The Bertz CT molecular complexity index is 891. The maximum atomic E-state index is 11.7. The molecule has 0 saturated carbocycles. The molecule has 3 fully saturated rings. The second-order valence-electron chi connectivity index (χ2n) is 7.98. The Balaban J connectivity index is 1.51. The number of amides is 1. The highest BCUT2D eigenvalue weighted by molar-refractivity contribution is 9.10. The van der Waals surface area contributed by atoms with Crippen molar-refractivity contribution in [3.63, 3.8) is 0 Å². The van der Waals surface area contributed by atoms with E-state index in [1.165, 1.54) is 6.42 Å². The van der Waals surface area contributed by atoms with Crippen molar-refractivity contribution in [1.82, 2.24) is 20.2 Å². The van der Waals surface area contributed by atoms with E-state index in [-0.39, 0.29) is 12.5 Å². The third-order valence-electron chi connectivity index (χ3n) is 6.08. The number of fused-ring (bicyclic) bond motifs is 3. The van der Waals surface area contributed by atoms with E-state index < -0.39 is 0 Å². The minimum absolute atomic E-state index is 0.0452. The molecule has 7 heteroatoms. The first-order valence-corrected chi connectivity index (χ1v) is 10.9. The van der Waals surface area contributed by atoms with Gasteiger partial charge in [-0.1, -0.05) is 34.1 Å². The summed E-state index contributed by atoms with van der Waals surface area (Å²) in [6, 6.07) is 10.7. The number of aromatic nitrogens is 2. The topological polar surface area (TPSA) is 67.3 Å². The number of carbonyl (C=O) groups excluding carboxylic acids is 1. The molecule has 1 amide bonds. The first-order chi connectivity index (χ1) is 14.0. The Morgan fingerprint density at radius 2 is 2.17 bits per heavy atom. The molecule has 4 atom stereocenters. The average Bonchev–Trinajstić information content (AvgIpc) is 2.73. The number of hydrogen-bond acceptors (Lipinski definition) is 5. The summed E-state index contributed by atoms with van der Waals surface area (Å²) in [4.78, 5) is 23.8. The number of nitrogens with one attached hydrogen (secondary N) is 1. The van der Waals surface area contributed by atoms with E-state index in [2.05, 4.69) is 43.3 Å². The summed E-state index contributed by atoms with van der Waals surface area (Å²) in [7, 11) is 1.54. The number of nitrogens with zero attached hydrogens (tertiary/aromatic N) is 3. The lowest BCUT2D eigenvalue weighted by atomic mass is 9.74. The van der Waals surface area contributed by atoms with Gasteiger partial charge in [0, 0.05) is 47.9 Å². The third-order valence-corrected chi connectivity index (χ3v) is 6.77. The third kappa shape index (κ3) is 4.52. The molecule has 4 heterocycles. The summed E-state index contributed by atoms with van der Waals surface area (Å²) in [6.45, 7) is 4.86. The molecule has 29 heavy (non-hydrogen) atoms. The van der Waals surface area contributed by atoms with Crippen LogP contribution < -0.4 is 5.32 Å². The predicted octanol–water partition coefficient (Wildman–Crippen LogP) is 3.15. The Morgan fingerprint density at radius 3 is 2.90 bits per heavy atom. The molecule has 3 aliphatic rings. The lowest BCUT2D eigenvalue weighted by Crippen LogP contribution is -2.56. The summed E-state index contributed by atoms with van der Waals surface area (Å²) in [6.07, 6.45) is 2.27. The zero-order chi connectivity index (χ0) is 20.4. The second-order valence-corrected chi connectivity index (χ2v) is 8.84. The number of methoxy groups -OCH3 is 1. The Kier molecular flexibility index (Phi) is 6.27. The van der Waals surface area contributed by atoms with Gasteiger partial charge in [-0.25, -0.2) is 9.97 Å². The quantitative estimate of drug-likeness (QED) is 0.719. The van der Waals surface area contributed by atoms with Crippen LogP contribution in [-0.4, -0.2) is 60.2 Å². The molecule has 4 unspecified atom stereocenters. The van der Waals surface area contributed by atoms with E-state index in [9.17, 15) is 4.79 Å². The molecular weight excluding hydrogens is 432 g/mol. The van der Waals surface area contributed by atoms with Crippen molar-refractivity contribution >= 4 is 21.8 Å². The van der Waals surface area contributed by atoms with Crippen LogP contribution in [0.1, 0.15) is 30.3 Å². The summed E-state index contributed by atoms with van der Waals surface area (Å²) >= 11 is 3.65. The number of hydrogen-bond donors (Lipinski definition) is 1. The highest BCUT2D eigenvalue weighted by atomic mass is 79.9. The summed E-state index contributed by atoms with van der Waals surface area (Å²) in [5.74, 6) is 1.77. The molecule has 1 N–H and O–H groups in total. The number of rotatable bonds is 6. The largest absolute Gasteiger partial charge is 0.375 e. The van der Waals surface area contributed by atoms with Crippen LogP contribution in [0.2, 0.25) is 0 Å². The van der Waals surface area contributed by atoms with Gasteiger partial charge in [0.25, 0.3) is 0 Å². The zero-order valence-electron chi connectivity index (χ0n) is 16.9. The SMILES string of the molecule is COCC(=O)NCC1CC2CCN1CC2c1cc(-c2ccccc2Br)nc(C)n1. The van der Waals surface area contributed by atoms with Gasteiger partial charge in [0.05, 0.1) is 5.69 Å². The molecular formula is C22H27BrN4O2. The number of piperidine rings is 3. The van der Waals surface area contributed by atoms with Crippen LogP contribution in [0, 0.1) is 12.8 Å². The van der Waals surface area contributed by atoms with Gasteiger partial charge in [0.1, 0.15) is 12.4 Å². The lowest BCUT2D eigenvalue weighted by molar-refractivity contribution is -0.125. The first kappa shape index (κ1) is 20.4. The Morgan fingerprint density at radius 1 is 1.34 bits per heavy atom. The minimum atomic E-state index is -0.0452. The molecule has 1 aromatic carbocycles. The maximum Gasteiger partial charge on any atom is 0.246 e. The monoisotopic (exact) mass is 458 g/mol. The number of aryl methyl sites for hydroxylation is 1. The summed E-state index contributed by atoms with van der Waals surface area (Å²) in [5, 5.41) is 3.00. The van der Waals surface area contributed by atoms with Crippen molar-refractivity contribution in [1.29, 1.82) is 0 Å². The molecule has 0 spiro atoms. The number of benzene rings is 1. The molecule has 154 valence electrons. The van der Waals surface area contributed by atoms with Gasteiger partial charge in [-0.2, -0.15) is 0 Å². The highest BCUT2D eigenvalue weighted by Crippen LogP contribution is 2.42. The van der Waals surface area contributed by atoms with E-state index in [4.69, 9.17) is 9.72 Å². The predicted molar refractivity (Wildman–Crippen MR) is 116 cm³/mol. The van der Waals surface area contributed by atoms with Crippen molar-refractivity contribution < 1.29 is 9.53 Å². The van der Waals surface area contributed by atoms with Gasteiger partial charge >= 0.3 is 0 Å². The van der Waals surface area contributed by atoms with Crippen LogP contribution in [0.25, 0.3) is 11.3 Å². The fraction of sp³-hybridized carbons (Fsp3) is 0.500. The van der Waals surface area contributed by atoms with Crippen molar-refractivity contribution in [3.8, 4) is 11.3 Å². The molecule has 2 bridgehead atoms. The molecule has 5 rings (SSSR count). The lowest BCUT2D eigenvalue weighted by Gasteiger charge is -2.49. The zero-order valence-corrected chi connectivity index (χ0v) is 18.5. The van der Waals surface area contributed by atoms with E-state index >= 15 is 0 Å². The van der Waals surface area contributed by atoms with Crippen molar-refractivity contribution in [2.45, 2.75) is 31.7 Å². The van der Waals surface area contributed by atoms with Crippen LogP contribution in [0.15, 0.2) is 34.8 Å². The van der Waals surface area contributed by atoms with Crippen molar-refractivity contribution in [3.05, 3.63) is 46.3 Å². The highest BCUT2D eigenvalue weighted by Gasteiger charge is 2.41. The van der Waals surface area contributed by atoms with E-state index in [1.807, 2.05) is 25.1 Å². The Labute approximate surface area is 180 Å². The molecule has 0 radical (unpaired) electrons. The van der Waals surface area contributed by atoms with Crippen LogP contribution in [0.4, 0.5) is 0 Å². The number of halogens is 1. The van der Waals surface area contributed by atoms with Crippen LogP contribution in [-0.2, 0) is 9.53 Å². The molecule has 3 aliphatic heterocycles. The van der Waals surface area contributed by atoms with Crippen molar-refractivity contribution in [2.24, 2.45) is 5.92 Å². The van der Waals surface area contributed by atoms with Gasteiger partial charge in [-0.3, -0.25) is 9.69 Å². The van der Waals surface area contributed by atoms with Gasteiger partial charge < -0.3 is 10.1 Å². The van der Waals surface area contributed by atoms with E-state index in [1.54, 1.807) is 7.11 Å². The second kappa shape index (κ2) is 8.90. The van der Waals surface area contributed by atoms with Gasteiger partial charge in [-0.15, -0.1) is 0 Å². The van der Waals surface area contributed by atoms with Crippen LogP contribution in [0.3, 0.4) is 0 Å². The number of carbonyl (C=O) groups is 1. The maximum absolute atomic E-state index is 11.7. The molecule has 3 saturated heterocycles. The van der Waals surface area contributed by atoms with E-state index in [0.717, 1.165) is 46.8 Å². The normalized spacial score (nSPS) is 25.8. The summed E-state index contributed by atoms with van der Waals surface area (Å²) < 4.78 is 5.95. The van der Waals surface area contributed by atoms with Gasteiger partial charge in [-0.05, 0) is 44.4 Å². The molecule has 0 aliphatic carbocycles. The summed E-state index contributed by atoms with van der Waals surface area (Å²) in [5.41, 5.74) is 3.21. The molecule has 2 aromatic rings. The first-order valence-electron chi connectivity index (χ1n) is 10.2. The van der Waals surface area contributed by atoms with E-state index in [0.29, 0.717) is 24.4 Å². The van der Waals surface area contributed by atoms with Gasteiger partial charge in [0.2, 0.25) is 5.91 Å². The minimum Gasteiger partial charge on any atom is -0.375 e. The smallest absolute Gasteiger partial charge is 0.246 e. The molecule has 1 aromatic heterocycles.